The number of benzene rings is 2. The largest absolute Gasteiger partial charge is 0.461 e. The Hall–Kier alpha value is -2.75. The minimum atomic E-state index is -1.51. The third-order valence-corrected chi connectivity index (χ3v) is 4.86. The molecule has 1 aliphatic heterocycles. The molecule has 1 saturated heterocycles. The van der Waals surface area contributed by atoms with E-state index in [1.54, 1.807) is 12.3 Å². The van der Waals surface area contributed by atoms with Crippen LogP contribution in [-0.2, 0) is 4.74 Å². The maximum absolute atomic E-state index is 10.2. The standard InChI is InChI=1S/C21H22N2O6/c24-11-17-18(25)19(26)20(27)21(29-17)28-16-8-9-22-15-7-6-13(10-14(15)16)23-12-4-2-1-3-5-12/h1-10,17-21,23-27H,11H2/t17-,18-,19+,20-,21-/m1/s1. The van der Waals surface area contributed by atoms with Gasteiger partial charge in [-0.3, -0.25) is 4.98 Å². The van der Waals surface area contributed by atoms with Crippen molar-refractivity contribution in [2.24, 2.45) is 0 Å². The Morgan fingerprint density at radius 1 is 0.931 bits per heavy atom. The fraction of sp³-hybridized carbons (Fsp3) is 0.286. The second-order valence-corrected chi connectivity index (χ2v) is 6.85. The quantitative estimate of drug-likeness (QED) is 0.434. The number of hydrogen-bond donors (Lipinski definition) is 5. The summed E-state index contributed by atoms with van der Waals surface area (Å²) >= 11 is 0. The topological polar surface area (TPSA) is 124 Å². The Morgan fingerprint density at radius 2 is 1.72 bits per heavy atom. The number of aliphatic hydroxyl groups is 4. The summed E-state index contributed by atoms with van der Waals surface area (Å²) < 4.78 is 11.3. The zero-order chi connectivity index (χ0) is 20.4. The fourth-order valence-electron chi connectivity index (χ4n) is 3.28. The van der Waals surface area contributed by atoms with Gasteiger partial charge in [-0.15, -0.1) is 0 Å². The third-order valence-electron chi connectivity index (χ3n) is 4.86. The molecule has 0 aliphatic carbocycles. The van der Waals surface area contributed by atoms with Gasteiger partial charge in [0.2, 0.25) is 6.29 Å². The number of anilines is 2. The smallest absolute Gasteiger partial charge is 0.229 e. The molecule has 5 atom stereocenters. The maximum atomic E-state index is 10.2. The number of rotatable bonds is 5. The molecule has 1 fully saturated rings. The second-order valence-electron chi connectivity index (χ2n) is 6.85. The first kappa shape index (κ1) is 19.6. The second kappa shape index (κ2) is 8.32. The molecule has 0 radical (unpaired) electrons. The molecule has 29 heavy (non-hydrogen) atoms. The van der Waals surface area contributed by atoms with Crippen molar-refractivity contribution in [3.8, 4) is 5.75 Å². The van der Waals surface area contributed by atoms with E-state index in [1.165, 1.54) is 0 Å². The van der Waals surface area contributed by atoms with E-state index in [1.807, 2.05) is 48.5 Å². The van der Waals surface area contributed by atoms with Gasteiger partial charge in [-0.2, -0.15) is 0 Å². The lowest BCUT2D eigenvalue weighted by atomic mass is 9.99. The molecule has 2 heterocycles. The summed E-state index contributed by atoms with van der Waals surface area (Å²) in [6, 6.07) is 16.9. The van der Waals surface area contributed by atoms with Crippen LogP contribution in [0.2, 0.25) is 0 Å². The number of pyridine rings is 1. The van der Waals surface area contributed by atoms with Crippen LogP contribution in [0.5, 0.6) is 5.75 Å². The van der Waals surface area contributed by atoms with E-state index in [0.29, 0.717) is 16.7 Å². The molecule has 0 amide bonds. The first-order chi connectivity index (χ1) is 14.1. The lowest BCUT2D eigenvalue weighted by Crippen LogP contribution is -2.60. The van der Waals surface area contributed by atoms with Crippen LogP contribution in [0.1, 0.15) is 0 Å². The molecule has 1 aromatic heterocycles. The molecule has 4 rings (SSSR count). The summed E-state index contributed by atoms with van der Waals surface area (Å²) in [6.07, 6.45) is -5.17. The number of nitrogens with zero attached hydrogens (tertiary/aromatic N) is 1. The van der Waals surface area contributed by atoms with Crippen LogP contribution in [0.25, 0.3) is 10.9 Å². The SMILES string of the molecule is OC[C@H]1O[C@@H](Oc2ccnc3ccc(Nc4ccccc4)cc23)[C@H](O)[C@@H](O)[C@@H]1O. The van der Waals surface area contributed by atoms with E-state index in [9.17, 15) is 20.4 Å². The zero-order valence-corrected chi connectivity index (χ0v) is 15.4. The van der Waals surface area contributed by atoms with E-state index >= 15 is 0 Å². The predicted octanol–water partition coefficient (Wildman–Crippen LogP) is 1.16. The number of fused-ring (bicyclic) bond motifs is 1. The monoisotopic (exact) mass is 398 g/mol. The van der Waals surface area contributed by atoms with Crippen LogP contribution < -0.4 is 10.1 Å². The van der Waals surface area contributed by atoms with E-state index in [4.69, 9.17) is 9.47 Å². The molecular weight excluding hydrogens is 376 g/mol. The maximum Gasteiger partial charge on any atom is 0.229 e. The Morgan fingerprint density at radius 3 is 2.48 bits per heavy atom. The van der Waals surface area contributed by atoms with Crippen molar-refractivity contribution < 1.29 is 29.9 Å². The lowest BCUT2D eigenvalue weighted by Gasteiger charge is -2.39. The number of para-hydroxylation sites is 1. The Balaban J connectivity index is 1.62. The molecule has 8 heteroatoms. The molecule has 3 aromatic rings. The number of aliphatic hydroxyl groups excluding tert-OH is 4. The van der Waals surface area contributed by atoms with Crippen molar-refractivity contribution >= 4 is 22.3 Å². The van der Waals surface area contributed by atoms with Gasteiger partial charge in [-0.25, -0.2) is 0 Å². The summed E-state index contributed by atoms with van der Waals surface area (Å²) in [7, 11) is 0. The highest BCUT2D eigenvalue weighted by molar-refractivity contribution is 5.88. The van der Waals surface area contributed by atoms with E-state index in [0.717, 1.165) is 11.4 Å². The van der Waals surface area contributed by atoms with Crippen molar-refractivity contribution in [2.45, 2.75) is 30.7 Å². The fourth-order valence-corrected chi connectivity index (χ4v) is 3.28. The summed E-state index contributed by atoms with van der Waals surface area (Å²) in [4.78, 5) is 4.32. The van der Waals surface area contributed by atoms with Gasteiger partial charge in [0, 0.05) is 23.0 Å². The highest BCUT2D eigenvalue weighted by Gasteiger charge is 2.44. The highest BCUT2D eigenvalue weighted by Crippen LogP contribution is 2.31. The lowest BCUT2D eigenvalue weighted by molar-refractivity contribution is -0.277. The van der Waals surface area contributed by atoms with Crippen LogP contribution in [0.4, 0.5) is 11.4 Å². The van der Waals surface area contributed by atoms with Crippen molar-refractivity contribution in [1.82, 2.24) is 4.98 Å². The number of aromatic nitrogens is 1. The Labute approximate surface area is 167 Å². The number of nitrogens with one attached hydrogen (secondary N) is 1. The molecule has 0 spiro atoms. The molecule has 5 N–H and O–H groups in total. The minimum Gasteiger partial charge on any atom is -0.461 e. The summed E-state index contributed by atoms with van der Waals surface area (Å²) in [5, 5.41) is 43.4. The van der Waals surface area contributed by atoms with Crippen LogP contribution in [0.3, 0.4) is 0 Å². The molecule has 2 aromatic carbocycles. The molecule has 0 unspecified atom stereocenters. The predicted molar refractivity (Wildman–Crippen MR) is 106 cm³/mol. The average molecular weight is 398 g/mol. The number of ether oxygens (including phenoxy) is 2. The van der Waals surface area contributed by atoms with Crippen LogP contribution >= 0.6 is 0 Å². The van der Waals surface area contributed by atoms with Gasteiger partial charge < -0.3 is 35.2 Å². The van der Waals surface area contributed by atoms with Gasteiger partial charge >= 0.3 is 0 Å². The third kappa shape index (κ3) is 4.02. The summed E-state index contributed by atoms with van der Waals surface area (Å²) in [5.74, 6) is 0.385. The van der Waals surface area contributed by atoms with Gasteiger partial charge in [0.15, 0.2) is 0 Å². The van der Waals surface area contributed by atoms with Crippen molar-refractivity contribution in [1.29, 1.82) is 0 Å². The van der Waals surface area contributed by atoms with Crippen LogP contribution in [0.15, 0.2) is 60.8 Å². The van der Waals surface area contributed by atoms with Gasteiger partial charge in [0.25, 0.3) is 0 Å². The van der Waals surface area contributed by atoms with Gasteiger partial charge in [0.1, 0.15) is 30.2 Å². The molecule has 0 bridgehead atoms. The minimum absolute atomic E-state index is 0.385. The zero-order valence-electron chi connectivity index (χ0n) is 15.4. The normalized spacial score (nSPS) is 27.0. The Bertz CT molecular complexity index is 968. The highest BCUT2D eigenvalue weighted by atomic mass is 16.7. The Kier molecular flexibility index (Phi) is 5.61. The summed E-state index contributed by atoms with van der Waals surface area (Å²) in [6.45, 7) is -0.521. The molecular formula is C21H22N2O6. The molecule has 1 aliphatic rings. The van der Waals surface area contributed by atoms with Crippen LogP contribution in [-0.4, -0.2) is 62.7 Å². The molecule has 8 nitrogen and oxygen atoms in total. The van der Waals surface area contributed by atoms with Crippen molar-refractivity contribution in [3.63, 3.8) is 0 Å². The van der Waals surface area contributed by atoms with Crippen molar-refractivity contribution in [3.05, 3.63) is 60.8 Å². The van der Waals surface area contributed by atoms with Crippen molar-refractivity contribution in [2.75, 3.05) is 11.9 Å². The van der Waals surface area contributed by atoms with Gasteiger partial charge in [-0.05, 0) is 36.4 Å². The van der Waals surface area contributed by atoms with Gasteiger partial charge in [0.05, 0.1) is 12.1 Å². The summed E-state index contributed by atoms with van der Waals surface area (Å²) in [5.41, 5.74) is 2.41. The first-order valence-electron chi connectivity index (χ1n) is 9.25. The van der Waals surface area contributed by atoms with E-state index in [2.05, 4.69) is 10.3 Å². The number of hydrogen-bond acceptors (Lipinski definition) is 8. The van der Waals surface area contributed by atoms with E-state index < -0.39 is 37.3 Å². The molecule has 0 saturated carbocycles. The first-order valence-corrected chi connectivity index (χ1v) is 9.25. The van der Waals surface area contributed by atoms with Crippen LogP contribution in [0, 0.1) is 0 Å². The van der Waals surface area contributed by atoms with E-state index in [-0.39, 0.29) is 0 Å². The molecule has 152 valence electrons. The average Bonchev–Trinajstić information content (AvgIpc) is 2.75. The van der Waals surface area contributed by atoms with Gasteiger partial charge in [-0.1, -0.05) is 18.2 Å².